The van der Waals surface area contributed by atoms with Crippen molar-refractivity contribution in [2.75, 3.05) is 31.5 Å². The van der Waals surface area contributed by atoms with Gasteiger partial charge >= 0.3 is 0 Å². The number of hydrogen-bond donors (Lipinski definition) is 4. The molecule has 1 aromatic carbocycles. The molecule has 1 spiro atoms. The maximum absolute atomic E-state index is 12.5. The van der Waals surface area contributed by atoms with Crippen LogP contribution in [0, 0.1) is 0 Å². The first kappa shape index (κ1) is 24.7. The quantitative estimate of drug-likeness (QED) is 0.388. The van der Waals surface area contributed by atoms with Crippen molar-refractivity contribution in [3.8, 4) is 0 Å². The summed E-state index contributed by atoms with van der Waals surface area (Å²) in [6.45, 7) is 6.98. The summed E-state index contributed by atoms with van der Waals surface area (Å²) in [6.07, 6.45) is 6.55. The number of amides is 1. The summed E-state index contributed by atoms with van der Waals surface area (Å²) in [5.74, 6) is -1.31. The normalized spacial score (nSPS) is 23.0. The summed E-state index contributed by atoms with van der Waals surface area (Å²) in [7, 11) is 0. The number of carbonyl (C=O) groups excluding carboxylic acids is 1. The lowest BCUT2D eigenvalue weighted by atomic mass is 9.80. The maximum atomic E-state index is 12.5. The van der Waals surface area contributed by atoms with Crippen LogP contribution in [0.1, 0.15) is 49.7 Å². The van der Waals surface area contributed by atoms with E-state index in [4.69, 9.17) is 14.9 Å². The molecular weight excluding hydrogens is 462 g/mol. The summed E-state index contributed by atoms with van der Waals surface area (Å²) in [5.41, 5.74) is 2.21. The molecule has 3 aliphatic heterocycles. The molecule has 0 radical (unpaired) electrons. The van der Waals surface area contributed by atoms with E-state index >= 15 is 0 Å². The van der Waals surface area contributed by atoms with Gasteiger partial charge in [0, 0.05) is 30.7 Å². The second-order valence-corrected chi connectivity index (χ2v) is 10.3. The zero-order valence-electron chi connectivity index (χ0n) is 20.6. The SMILES string of the molecule is CC(C)(O)O.O=C(Nc1ncnc2c1ncn2C1CCC(CN2CC3(CCN3)C2)O1)c1ccccc1. The summed E-state index contributed by atoms with van der Waals surface area (Å²) in [6, 6.07) is 9.06. The molecule has 11 nitrogen and oxygen atoms in total. The lowest BCUT2D eigenvalue weighted by molar-refractivity contribution is -0.127. The van der Waals surface area contributed by atoms with Gasteiger partial charge in [-0.3, -0.25) is 14.3 Å². The molecule has 6 rings (SSSR count). The molecule has 192 valence electrons. The fraction of sp³-hybridized carbons (Fsp3) is 0.520. The second kappa shape index (κ2) is 9.83. The van der Waals surface area contributed by atoms with E-state index in [0.717, 1.165) is 39.0 Å². The van der Waals surface area contributed by atoms with E-state index in [-0.39, 0.29) is 18.2 Å². The molecule has 3 aromatic rings. The molecule has 0 saturated carbocycles. The number of benzene rings is 1. The summed E-state index contributed by atoms with van der Waals surface area (Å²) in [4.78, 5) is 28.2. The Labute approximate surface area is 209 Å². The third kappa shape index (κ3) is 5.55. The van der Waals surface area contributed by atoms with Gasteiger partial charge < -0.3 is 25.6 Å². The van der Waals surface area contributed by atoms with Crippen molar-refractivity contribution < 1.29 is 19.7 Å². The third-order valence-electron chi connectivity index (χ3n) is 6.64. The average molecular weight is 496 g/mol. The standard InChI is InChI=1S/C22H25N7O2.C3H8O2/c30-21(15-4-2-1-3-5-15)27-19-18-20(24-13-23-19)29(14-25-18)17-7-6-16(31-17)10-28-11-22(12-28)8-9-26-22;1-3(2,4)5/h1-5,13-14,16-17,26H,6-12H2,(H,23,24,27,30);4-5H,1-2H3. The van der Waals surface area contributed by atoms with Crippen LogP contribution in [0.4, 0.5) is 5.82 Å². The molecule has 11 heteroatoms. The Kier molecular flexibility index (Phi) is 6.75. The molecule has 36 heavy (non-hydrogen) atoms. The van der Waals surface area contributed by atoms with E-state index in [9.17, 15) is 4.79 Å². The average Bonchev–Trinajstić information content (AvgIpc) is 3.41. The second-order valence-electron chi connectivity index (χ2n) is 10.3. The molecule has 2 atom stereocenters. The minimum Gasteiger partial charge on any atom is -0.366 e. The van der Waals surface area contributed by atoms with Gasteiger partial charge in [-0.2, -0.15) is 0 Å². The predicted octanol–water partition coefficient (Wildman–Crippen LogP) is 1.51. The highest BCUT2D eigenvalue weighted by molar-refractivity contribution is 6.06. The summed E-state index contributed by atoms with van der Waals surface area (Å²) >= 11 is 0. The molecule has 3 aliphatic rings. The van der Waals surface area contributed by atoms with Crippen molar-refractivity contribution in [1.82, 2.24) is 29.7 Å². The Hall–Kier alpha value is -2.96. The van der Waals surface area contributed by atoms with Crippen molar-refractivity contribution in [3.05, 3.63) is 48.5 Å². The molecule has 3 saturated heterocycles. The largest absolute Gasteiger partial charge is 0.366 e. The number of nitrogens with zero attached hydrogens (tertiary/aromatic N) is 5. The smallest absolute Gasteiger partial charge is 0.256 e. The van der Waals surface area contributed by atoms with Crippen molar-refractivity contribution in [2.45, 2.75) is 56.8 Å². The number of hydrogen-bond acceptors (Lipinski definition) is 9. The van der Waals surface area contributed by atoms with Crippen LogP contribution in [0.5, 0.6) is 0 Å². The number of ether oxygens (including phenoxy) is 1. The van der Waals surface area contributed by atoms with Gasteiger partial charge in [-0.25, -0.2) is 15.0 Å². The number of rotatable bonds is 5. The highest BCUT2D eigenvalue weighted by Crippen LogP contribution is 2.35. The van der Waals surface area contributed by atoms with Crippen LogP contribution in [-0.2, 0) is 4.74 Å². The Balaban J connectivity index is 0.000000489. The molecule has 3 fully saturated rings. The highest BCUT2D eigenvalue weighted by atomic mass is 16.5. The van der Waals surface area contributed by atoms with Crippen molar-refractivity contribution in [2.24, 2.45) is 0 Å². The van der Waals surface area contributed by atoms with E-state index in [0.29, 0.717) is 28.1 Å². The highest BCUT2D eigenvalue weighted by Gasteiger charge is 2.47. The van der Waals surface area contributed by atoms with Crippen LogP contribution in [0.3, 0.4) is 0 Å². The van der Waals surface area contributed by atoms with Crippen molar-refractivity contribution >= 4 is 22.9 Å². The molecule has 5 heterocycles. The van der Waals surface area contributed by atoms with Gasteiger partial charge in [0.05, 0.1) is 12.4 Å². The Morgan fingerprint density at radius 3 is 2.58 bits per heavy atom. The minimum atomic E-state index is -1.50. The van der Waals surface area contributed by atoms with Gasteiger partial charge in [-0.05, 0) is 51.8 Å². The van der Waals surface area contributed by atoms with Crippen LogP contribution >= 0.6 is 0 Å². The molecule has 1 amide bonds. The number of anilines is 1. The molecule has 0 aliphatic carbocycles. The monoisotopic (exact) mass is 495 g/mol. The summed E-state index contributed by atoms with van der Waals surface area (Å²) < 4.78 is 8.30. The first-order chi connectivity index (χ1) is 17.2. The predicted molar refractivity (Wildman–Crippen MR) is 133 cm³/mol. The maximum Gasteiger partial charge on any atom is 0.256 e. The lowest BCUT2D eigenvalue weighted by Gasteiger charge is -2.57. The van der Waals surface area contributed by atoms with E-state index in [1.807, 2.05) is 22.8 Å². The minimum absolute atomic E-state index is 0.0976. The van der Waals surface area contributed by atoms with E-state index in [2.05, 4.69) is 30.5 Å². The topological polar surface area (TPSA) is 138 Å². The number of imidazole rings is 1. The number of likely N-dealkylation sites (tertiary alicyclic amines) is 1. The Bertz CT molecular complexity index is 1190. The van der Waals surface area contributed by atoms with Crippen LogP contribution in [0.25, 0.3) is 11.2 Å². The van der Waals surface area contributed by atoms with Crippen LogP contribution in [0.15, 0.2) is 43.0 Å². The van der Waals surface area contributed by atoms with Crippen LogP contribution in [0.2, 0.25) is 0 Å². The number of aliphatic hydroxyl groups is 2. The number of nitrogens with one attached hydrogen (secondary N) is 2. The zero-order chi connectivity index (χ0) is 25.3. The van der Waals surface area contributed by atoms with Gasteiger partial charge in [0.15, 0.2) is 22.8 Å². The Morgan fingerprint density at radius 1 is 1.19 bits per heavy atom. The van der Waals surface area contributed by atoms with Crippen LogP contribution in [-0.4, -0.2) is 84.1 Å². The van der Waals surface area contributed by atoms with Crippen LogP contribution < -0.4 is 10.6 Å². The van der Waals surface area contributed by atoms with Crippen molar-refractivity contribution in [1.29, 1.82) is 0 Å². The fourth-order valence-corrected chi connectivity index (χ4v) is 4.92. The van der Waals surface area contributed by atoms with Gasteiger partial charge in [-0.1, -0.05) is 18.2 Å². The number of aromatic nitrogens is 4. The van der Waals surface area contributed by atoms with Gasteiger partial charge in [0.25, 0.3) is 5.91 Å². The molecule has 2 aromatic heterocycles. The van der Waals surface area contributed by atoms with Gasteiger partial charge in [0.1, 0.15) is 12.6 Å². The summed E-state index contributed by atoms with van der Waals surface area (Å²) in [5, 5.41) is 22.6. The molecular formula is C25H33N7O4. The van der Waals surface area contributed by atoms with Crippen molar-refractivity contribution in [3.63, 3.8) is 0 Å². The van der Waals surface area contributed by atoms with Gasteiger partial charge in [0.2, 0.25) is 0 Å². The molecule has 2 unspecified atom stereocenters. The lowest BCUT2D eigenvalue weighted by Crippen LogP contribution is -2.76. The first-order valence-electron chi connectivity index (χ1n) is 12.3. The zero-order valence-corrected chi connectivity index (χ0v) is 20.6. The molecule has 0 bridgehead atoms. The Morgan fingerprint density at radius 2 is 1.92 bits per heavy atom. The third-order valence-corrected chi connectivity index (χ3v) is 6.64. The van der Waals surface area contributed by atoms with Gasteiger partial charge in [-0.15, -0.1) is 0 Å². The fourth-order valence-electron chi connectivity index (χ4n) is 4.92. The van der Waals surface area contributed by atoms with E-state index in [1.165, 1.54) is 26.6 Å². The van der Waals surface area contributed by atoms with E-state index in [1.54, 1.807) is 18.5 Å². The first-order valence-corrected chi connectivity index (χ1v) is 12.3. The number of fused-ring (bicyclic) bond motifs is 1. The number of carbonyl (C=O) groups is 1. The van der Waals surface area contributed by atoms with E-state index < -0.39 is 5.79 Å². The molecule has 4 N–H and O–H groups in total.